The molecule has 0 aliphatic carbocycles. The molecule has 14 heteroatoms. The number of benzene rings is 1. The van der Waals surface area contributed by atoms with Gasteiger partial charge in [0.05, 0.1) is 10.6 Å². The molecule has 1 aromatic carbocycles. The third kappa shape index (κ3) is 4.93. The third-order valence-electron chi connectivity index (χ3n) is 6.02. The predicted molar refractivity (Wildman–Crippen MR) is 122 cm³/mol. The van der Waals surface area contributed by atoms with Gasteiger partial charge in [-0.1, -0.05) is 29.3 Å². The second-order valence-electron chi connectivity index (χ2n) is 8.67. The standard InChI is InChI=1S/C20H17Cl2FN4O2.C2HF3O2/c21-14-5-16-18(28)25-6-12(27(16)17(14)22)3-11-1-2-15(23)13(4-11)19(29)26-9-20(10-26)7-24-8-20;3-2(4,5)1(6)7/h1-2,4-6,24H,3,7-10H2,(H,25,28);(H,6,7). The van der Waals surface area contributed by atoms with Crippen LogP contribution in [0.5, 0.6) is 0 Å². The van der Waals surface area contributed by atoms with Crippen LogP contribution in [0.4, 0.5) is 17.6 Å². The van der Waals surface area contributed by atoms with Crippen LogP contribution in [0, 0.1) is 11.2 Å². The monoisotopic (exact) mass is 548 g/mol. The first-order chi connectivity index (χ1) is 16.8. The normalized spacial score (nSPS) is 16.2. The maximum atomic E-state index is 14.4. The number of aliphatic carboxylic acids is 1. The van der Waals surface area contributed by atoms with Crippen LogP contribution in [0.25, 0.3) is 5.52 Å². The molecular formula is C22H18Cl2F4N4O4. The summed E-state index contributed by atoms with van der Waals surface area (Å²) >= 11 is 12.3. The number of carbonyl (C=O) groups excluding carboxylic acids is 1. The fraction of sp³-hybridized carbons (Fsp3) is 0.318. The summed E-state index contributed by atoms with van der Waals surface area (Å²) in [6, 6.07) is 5.99. The quantitative estimate of drug-likeness (QED) is 0.435. The molecule has 3 aromatic rings. The molecule has 2 aliphatic rings. The summed E-state index contributed by atoms with van der Waals surface area (Å²) in [6.07, 6.45) is -3.20. The van der Waals surface area contributed by atoms with E-state index in [1.165, 1.54) is 12.1 Å². The van der Waals surface area contributed by atoms with Gasteiger partial charge in [0.2, 0.25) is 0 Å². The third-order valence-corrected chi connectivity index (χ3v) is 6.77. The lowest BCUT2D eigenvalue weighted by molar-refractivity contribution is -0.192. The van der Waals surface area contributed by atoms with Crippen LogP contribution in [-0.4, -0.2) is 63.6 Å². The second-order valence-corrected chi connectivity index (χ2v) is 9.44. The Hall–Kier alpha value is -3.09. The van der Waals surface area contributed by atoms with Crippen molar-refractivity contribution >= 4 is 40.6 Å². The number of nitrogens with one attached hydrogen (secondary N) is 2. The van der Waals surface area contributed by atoms with Crippen molar-refractivity contribution < 1.29 is 32.3 Å². The van der Waals surface area contributed by atoms with E-state index in [0.29, 0.717) is 30.7 Å². The van der Waals surface area contributed by atoms with Gasteiger partial charge in [-0.05, 0) is 23.8 Å². The average Bonchev–Trinajstić information content (AvgIpc) is 3.04. The Morgan fingerprint density at radius 1 is 1.14 bits per heavy atom. The molecule has 0 radical (unpaired) electrons. The van der Waals surface area contributed by atoms with Gasteiger partial charge in [-0.25, -0.2) is 9.18 Å². The van der Waals surface area contributed by atoms with Gasteiger partial charge in [-0.3, -0.25) is 14.0 Å². The van der Waals surface area contributed by atoms with E-state index in [9.17, 15) is 27.2 Å². The van der Waals surface area contributed by atoms with Gasteiger partial charge in [-0.15, -0.1) is 0 Å². The number of fused-ring (bicyclic) bond motifs is 1. The maximum absolute atomic E-state index is 14.4. The zero-order chi connectivity index (χ0) is 26.4. The zero-order valence-electron chi connectivity index (χ0n) is 18.3. The summed E-state index contributed by atoms with van der Waals surface area (Å²) in [5.41, 5.74) is 1.65. The molecule has 2 aromatic heterocycles. The minimum absolute atomic E-state index is 0.0573. The van der Waals surface area contributed by atoms with Crippen molar-refractivity contribution in [3.63, 3.8) is 0 Å². The maximum Gasteiger partial charge on any atom is 0.490 e. The summed E-state index contributed by atoms with van der Waals surface area (Å²) < 4.78 is 47.7. The van der Waals surface area contributed by atoms with Crippen molar-refractivity contribution in [2.45, 2.75) is 12.6 Å². The van der Waals surface area contributed by atoms with E-state index in [-0.39, 0.29) is 32.6 Å². The highest BCUT2D eigenvalue weighted by molar-refractivity contribution is 6.42. The lowest BCUT2D eigenvalue weighted by atomic mass is 9.74. The van der Waals surface area contributed by atoms with Crippen LogP contribution in [0.1, 0.15) is 21.6 Å². The molecule has 4 heterocycles. The van der Waals surface area contributed by atoms with Crippen LogP contribution in [0.2, 0.25) is 10.2 Å². The lowest BCUT2D eigenvalue weighted by Crippen LogP contribution is -2.71. The molecule has 2 aliphatic heterocycles. The van der Waals surface area contributed by atoms with Crippen molar-refractivity contribution in [1.82, 2.24) is 19.6 Å². The minimum Gasteiger partial charge on any atom is -0.475 e. The number of halogens is 6. The average molecular weight is 549 g/mol. The number of carbonyl (C=O) groups is 2. The fourth-order valence-corrected chi connectivity index (χ4v) is 4.60. The van der Waals surface area contributed by atoms with E-state index >= 15 is 0 Å². The van der Waals surface area contributed by atoms with E-state index in [4.69, 9.17) is 33.1 Å². The Balaban J connectivity index is 0.000000384. The number of nitrogens with zero attached hydrogens (tertiary/aromatic N) is 2. The first-order valence-corrected chi connectivity index (χ1v) is 11.2. The largest absolute Gasteiger partial charge is 0.490 e. The SMILES string of the molecule is O=C(O)C(F)(F)F.O=C(c1cc(Cc2c[nH]c(=O)c3cc(Cl)c(Cl)n23)ccc1F)N1CC2(CNC2)C1. The smallest absolute Gasteiger partial charge is 0.475 e. The van der Waals surface area contributed by atoms with E-state index in [1.54, 1.807) is 27.6 Å². The van der Waals surface area contributed by atoms with Gasteiger partial charge < -0.3 is 20.3 Å². The molecule has 8 nitrogen and oxygen atoms in total. The molecule has 2 saturated heterocycles. The summed E-state index contributed by atoms with van der Waals surface area (Å²) in [5, 5.41) is 10.9. The van der Waals surface area contributed by atoms with E-state index < -0.39 is 18.0 Å². The number of aromatic nitrogens is 2. The number of alkyl halides is 3. The number of hydrogen-bond acceptors (Lipinski definition) is 4. The number of amides is 1. The molecule has 36 heavy (non-hydrogen) atoms. The fourth-order valence-electron chi connectivity index (χ4n) is 4.16. The number of likely N-dealkylation sites (tertiary alicyclic amines) is 1. The zero-order valence-corrected chi connectivity index (χ0v) is 19.8. The van der Waals surface area contributed by atoms with E-state index in [2.05, 4.69) is 10.3 Å². The molecule has 0 bridgehead atoms. The molecule has 192 valence electrons. The van der Waals surface area contributed by atoms with E-state index in [1.807, 2.05) is 0 Å². The van der Waals surface area contributed by atoms with Crippen LogP contribution in [0.3, 0.4) is 0 Å². The molecule has 2 fully saturated rings. The van der Waals surface area contributed by atoms with Crippen molar-refractivity contribution in [2.24, 2.45) is 5.41 Å². The highest BCUT2D eigenvalue weighted by atomic mass is 35.5. The first kappa shape index (κ1) is 26.0. The van der Waals surface area contributed by atoms with Crippen molar-refractivity contribution in [1.29, 1.82) is 0 Å². The number of H-pyrrole nitrogens is 1. The summed E-state index contributed by atoms with van der Waals surface area (Å²) in [4.78, 5) is 38.0. The van der Waals surface area contributed by atoms with Crippen LogP contribution < -0.4 is 10.9 Å². The highest BCUT2D eigenvalue weighted by Gasteiger charge is 2.49. The van der Waals surface area contributed by atoms with Crippen molar-refractivity contribution in [2.75, 3.05) is 26.2 Å². The summed E-state index contributed by atoms with van der Waals surface area (Å²) in [7, 11) is 0. The number of carboxylic acids is 1. The Bertz CT molecular complexity index is 1410. The molecule has 1 spiro atoms. The molecule has 0 saturated carbocycles. The van der Waals surface area contributed by atoms with Gasteiger partial charge in [0, 0.05) is 49.9 Å². The summed E-state index contributed by atoms with van der Waals surface area (Å²) in [5.74, 6) is -3.59. The molecule has 0 unspecified atom stereocenters. The molecule has 1 amide bonds. The lowest BCUT2D eigenvalue weighted by Gasteiger charge is -2.56. The number of aromatic amines is 1. The van der Waals surface area contributed by atoms with Gasteiger partial charge in [-0.2, -0.15) is 13.2 Å². The van der Waals surface area contributed by atoms with Crippen molar-refractivity contribution in [3.05, 3.63) is 73.6 Å². The molecule has 5 rings (SSSR count). The van der Waals surface area contributed by atoms with Gasteiger partial charge in [0.25, 0.3) is 11.5 Å². The second kappa shape index (κ2) is 9.41. The van der Waals surface area contributed by atoms with Gasteiger partial charge in [0.15, 0.2) is 0 Å². The summed E-state index contributed by atoms with van der Waals surface area (Å²) in [6.45, 7) is 3.12. The Morgan fingerprint density at radius 3 is 2.33 bits per heavy atom. The topological polar surface area (TPSA) is 107 Å². The highest BCUT2D eigenvalue weighted by Crippen LogP contribution is 2.35. The van der Waals surface area contributed by atoms with Gasteiger partial charge >= 0.3 is 12.1 Å². The molecule has 3 N–H and O–H groups in total. The minimum atomic E-state index is -5.08. The number of rotatable bonds is 3. The van der Waals surface area contributed by atoms with Crippen molar-refractivity contribution in [3.8, 4) is 0 Å². The Labute approximate surface area is 210 Å². The van der Waals surface area contributed by atoms with Crippen LogP contribution >= 0.6 is 23.2 Å². The number of carboxylic acid groups (broad SMARTS) is 1. The Kier molecular flexibility index (Phi) is 6.80. The molecule has 0 atom stereocenters. The predicted octanol–water partition coefficient (Wildman–Crippen LogP) is 3.34. The Morgan fingerprint density at radius 2 is 1.78 bits per heavy atom. The van der Waals surface area contributed by atoms with Gasteiger partial charge in [0.1, 0.15) is 16.5 Å². The van der Waals surface area contributed by atoms with E-state index in [0.717, 1.165) is 18.7 Å². The van der Waals surface area contributed by atoms with Crippen LogP contribution in [0.15, 0.2) is 35.3 Å². The molecular weight excluding hydrogens is 531 g/mol. The first-order valence-electron chi connectivity index (χ1n) is 10.5. The number of hydrogen-bond donors (Lipinski definition) is 3. The van der Waals surface area contributed by atoms with Crippen LogP contribution in [-0.2, 0) is 11.2 Å².